The second-order valence-corrected chi connectivity index (χ2v) is 3.53. The third-order valence-electron chi connectivity index (χ3n) is 1.50. The highest BCUT2D eigenvalue weighted by Crippen LogP contribution is 2.08. The lowest BCUT2D eigenvalue weighted by Gasteiger charge is -2.19. The third kappa shape index (κ3) is 91.9. The Morgan fingerprint density at radius 2 is 0.870 bits per heavy atom. The first-order valence-electron chi connectivity index (χ1n) is 5.66. The minimum Gasteiger partial charge on any atom is -0.418 e. The van der Waals surface area contributed by atoms with Gasteiger partial charge >= 0.3 is 21.8 Å². The Bertz CT molecular complexity index is 214. The molecule has 1 saturated heterocycles. The summed E-state index contributed by atoms with van der Waals surface area (Å²) in [7, 11) is -16.2. The Kier molecular flexibility index (Phi) is 14.9. The molecule has 1 aliphatic rings. The van der Waals surface area contributed by atoms with Crippen molar-refractivity contribution < 1.29 is 61.3 Å². The molecule has 0 aliphatic carbocycles. The normalized spacial score (nSPS) is 16.0. The van der Waals surface area contributed by atoms with Crippen molar-refractivity contribution in [3.63, 3.8) is 0 Å². The van der Waals surface area contributed by atoms with Gasteiger partial charge in [-0.25, -0.2) is 0 Å². The fourth-order valence-corrected chi connectivity index (χ4v) is 0.912. The van der Waals surface area contributed by atoms with Crippen LogP contribution in [0.4, 0.5) is 51.8 Å². The number of rotatable bonds is 1. The van der Waals surface area contributed by atoms with Crippen molar-refractivity contribution in [2.45, 2.75) is 18.9 Å². The zero-order chi connectivity index (χ0) is 19.3. The summed E-state index contributed by atoms with van der Waals surface area (Å²) in [5.41, 5.74) is 0. The van der Waals surface area contributed by atoms with E-state index in [2.05, 4.69) is 0 Å². The minimum absolute atomic E-state index is 0.462. The molecule has 0 unspecified atom stereocenters. The molecular weight excluding hydrogens is 364 g/mol. The van der Waals surface area contributed by atoms with Gasteiger partial charge in [-0.05, 0) is 12.8 Å². The van der Waals surface area contributed by atoms with E-state index < -0.39 is 21.8 Å². The van der Waals surface area contributed by atoms with Crippen molar-refractivity contribution >= 4 is 21.8 Å². The lowest BCUT2D eigenvalue weighted by Crippen LogP contribution is -2.21. The first kappa shape index (κ1) is 27.1. The van der Waals surface area contributed by atoms with Crippen molar-refractivity contribution in [2.75, 3.05) is 20.3 Å². The van der Waals surface area contributed by atoms with Gasteiger partial charge in [0.2, 0.25) is 0 Å². The number of hydrogen-bond acceptors (Lipinski definition) is 2. The van der Waals surface area contributed by atoms with Crippen LogP contribution in [0.15, 0.2) is 0 Å². The van der Waals surface area contributed by atoms with Crippen LogP contribution < -0.4 is 0 Å². The average Bonchev–Trinajstić information content (AvgIpc) is 2.23. The SMILES string of the molecule is COC1CCOCC1.F[B-](F)(F)F.F[B-](F)(F)F.F[B-](F)(F)F. The topological polar surface area (TPSA) is 18.5 Å². The molecule has 0 N–H and O–H groups in total. The van der Waals surface area contributed by atoms with Gasteiger partial charge in [-0.15, -0.1) is 0 Å². The van der Waals surface area contributed by atoms with Crippen LogP contribution in [0, 0.1) is 0 Å². The number of ether oxygens (including phenoxy) is 2. The van der Waals surface area contributed by atoms with Gasteiger partial charge in [0.25, 0.3) is 0 Å². The maximum atomic E-state index is 9.75. The van der Waals surface area contributed by atoms with Crippen LogP contribution in [0.2, 0.25) is 0 Å². The highest BCUT2D eigenvalue weighted by atomic mass is 19.5. The monoisotopic (exact) mass is 377 g/mol. The van der Waals surface area contributed by atoms with E-state index in [4.69, 9.17) is 9.47 Å². The van der Waals surface area contributed by atoms with Gasteiger partial charge in [0.1, 0.15) is 0 Å². The molecule has 23 heavy (non-hydrogen) atoms. The first-order valence-corrected chi connectivity index (χ1v) is 5.66. The maximum absolute atomic E-state index is 9.75. The van der Waals surface area contributed by atoms with E-state index in [-0.39, 0.29) is 0 Å². The van der Waals surface area contributed by atoms with Crippen molar-refractivity contribution in [3.05, 3.63) is 0 Å². The van der Waals surface area contributed by atoms with Gasteiger partial charge in [0.05, 0.1) is 6.10 Å². The Labute approximate surface area is 123 Å². The van der Waals surface area contributed by atoms with E-state index in [1.54, 1.807) is 7.11 Å². The molecule has 2 nitrogen and oxygen atoms in total. The van der Waals surface area contributed by atoms with Crippen molar-refractivity contribution in [2.24, 2.45) is 0 Å². The molecule has 0 bridgehead atoms. The standard InChI is InChI=1S/C6H12O2.3BF4/c1-7-6-2-4-8-5-3-6;3*2-1(3,4)5/h6H,2-5H2,1H3;;;/q;3*-1. The molecule has 0 radical (unpaired) electrons. The summed E-state index contributed by atoms with van der Waals surface area (Å²) in [6.45, 7) is 1.75. The largest absolute Gasteiger partial charge is 0.673 e. The molecular formula is C6H12B3F12O2-3. The predicted octanol–water partition coefficient (Wildman–Crippen LogP) is 4.71. The van der Waals surface area contributed by atoms with Crippen LogP contribution in [0.25, 0.3) is 0 Å². The minimum atomic E-state index is -6.00. The van der Waals surface area contributed by atoms with Gasteiger partial charge in [0.15, 0.2) is 0 Å². The lowest BCUT2D eigenvalue weighted by atomic mass is 10.2. The van der Waals surface area contributed by atoms with Gasteiger partial charge in [-0.2, -0.15) is 0 Å². The molecule has 0 saturated carbocycles. The first-order chi connectivity index (χ1) is 9.93. The Hall–Kier alpha value is -0.725. The Morgan fingerprint density at radius 1 is 0.652 bits per heavy atom. The van der Waals surface area contributed by atoms with E-state index >= 15 is 0 Å². The Morgan fingerprint density at radius 3 is 1.00 bits per heavy atom. The van der Waals surface area contributed by atoms with E-state index in [0.29, 0.717) is 6.10 Å². The van der Waals surface area contributed by atoms with Gasteiger partial charge in [0, 0.05) is 20.3 Å². The smallest absolute Gasteiger partial charge is 0.418 e. The third-order valence-corrected chi connectivity index (χ3v) is 1.50. The molecule has 0 atom stereocenters. The molecule has 144 valence electrons. The van der Waals surface area contributed by atoms with Gasteiger partial charge in [-0.1, -0.05) is 0 Å². The maximum Gasteiger partial charge on any atom is 0.673 e. The fourth-order valence-electron chi connectivity index (χ4n) is 0.912. The Balaban J connectivity index is -0.000000240. The van der Waals surface area contributed by atoms with Crippen LogP contribution in [-0.2, 0) is 9.47 Å². The van der Waals surface area contributed by atoms with Crippen LogP contribution >= 0.6 is 0 Å². The fraction of sp³-hybridized carbons (Fsp3) is 1.00. The number of methoxy groups -OCH3 is 1. The van der Waals surface area contributed by atoms with Crippen LogP contribution in [0.5, 0.6) is 0 Å². The molecule has 17 heteroatoms. The van der Waals surface area contributed by atoms with Crippen LogP contribution in [0.1, 0.15) is 12.8 Å². The predicted molar refractivity (Wildman–Crippen MR) is 61.4 cm³/mol. The van der Waals surface area contributed by atoms with Crippen molar-refractivity contribution in [1.82, 2.24) is 0 Å². The highest BCUT2D eigenvalue weighted by molar-refractivity contribution is 6.50. The van der Waals surface area contributed by atoms with Crippen molar-refractivity contribution in [3.8, 4) is 0 Å². The molecule has 1 fully saturated rings. The highest BCUT2D eigenvalue weighted by Gasteiger charge is 2.21. The number of halogens is 12. The summed E-state index contributed by atoms with van der Waals surface area (Å²) in [6, 6.07) is 0. The zero-order valence-corrected chi connectivity index (χ0v) is 11.5. The van der Waals surface area contributed by atoms with E-state index in [0.717, 1.165) is 26.1 Å². The van der Waals surface area contributed by atoms with Crippen LogP contribution in [-0.4, -0.2) is 48.2 Å². The van der Waals surface area contributed by atoms with Crippen molar-refractivity contribution in [1.29, 1.82) is 0 Å². The molecule has 1 rings (SSSR count). The van der Waals surface area contributed by atoms with Crippen LogP contribution in [0.3, 0.4) is 0 Å². The molecule has 1 aliphatic heterocycles. The molecule has 0 aromatic heterocycles. The second-order valence-electron chi connectivity index (χ2n) is 3.53. The summed E-state index contributed by atoms with van der Waals surface area (Å²) in [5, 5.41) is 0. The molecule has 1 heterocycles. The molecule has 0 spiro atoms. The number of hydrogen-bond donors (Lipinski definition) is 0. The van der Waals surface area contributed by atoms with E-state index in [1.165, 1.54) is 0 Å². The zero-order valence-electron chi connectivity index (χ0n) is 11.5. The summed E-state index contributed by atoms with van der Waals surface area (Å²) >= 11 is 0. The summed E-state index contributed by atoms with van der Waals surface area (Å²) < 4.78 is 127. The molecule has 0 amide bonds. The second kappa shape index (κ2) is 12.7. The van der Waals surface area contributed by atoms with Gasteiger partial charge in [-0.3, -0.25) is 0 Å². The van der Waals surface area contributed by atoms with E-state index in [1.807, 2.05) is 0 Å². The summed E-state index contributed by atoms with van der Waals surface area (Å²) in [6.07, 6.45) is 2.59. The molecule has 0 aromatic carbocycles. The average molecular weight is 377 g/mol. The summed E-state index contributed by atoms with van der Waals surface area (Å²) in [5.74, 6) is 0. The van der Waals surface area contributed by atoms with Gasteiger partial charge < -0.3 is 61.3 Å². The molecule has 0 aromatic rings. The lowest BCUT2D eigenvalue weighted by molar-refractivity contribution is -0.00998. The summed E-state index contributed by atoms with van der Waals surface area (Å²) in [4.78, 5) is 0. The quantitative estimate of drug-likeness (QED) is 0.487. The van der Waals surface area contributed by atoms with E-state index in [9.17, 15) is 51.8 Å².